The fourth-order valence-electron chi connectivity index (χ4n) is 2.59. The third-order valence-corrected chi connectivity index (χ3v) is 3.65. The van der Waals surface area contributed by atoms with Crippen LogP contribution in [-0.4, -0.2) is 19.3 Å². The van der Waals surface area contributed by atoms with E-state index < -0.39 is 11.6 Å². The van der Waals surface area contributed by atoms with Gasteiger partial charge in [0, 0.05) is 12.2 Å². The van der Waals surface area contributed by atoms with Crippen molar-refractivity contribution in [1.82, 2.24) is 5.32 Å². The quantitative estimate of drug-likeness (QED) is 0.903. The number of likely N-dealkylation sites (N-methyl/N-ethyl adjacent to an activating group) is 1. The van der Waals surface area contributed by atoms with Crippen molar-refractivity contribution in [2.75, 3.05) is 13.2 Å². The summed E-state index contributed by atoms with van der Waals surface area (Å²) in [5.41, 5.74) is 0.706. The summed E-state index contributed by atoms with van der Waals surface area (Å²) in [6.07, 6.45) is 2.92. The number of hydrogen-bond donors (Lipinski definition) is 1. The number of halogens is 2. The summed E-state index contributed by atoms with van der Waals surface area (Å²) in [5.74, 6) is -1.50. The fraction of sp³-hybridized carbons (Fsp3) is 0.600. The Morgan fingerprint density at radius 1 is 1.32 bits per heavy atom. The van der Waals surface area contributed by atoms with Gasteiger partial charge in [-0.05, 0) is 38.3 Å². The monoisotopic (exact) mass is 269 g/mol. The number of nitrogens with one attached hydrogen (secondary N) is 1. The largest absolute Gasteiger partial charge is 0.376 e. The lowest BCUT2D eigenvalue weighted by Gasteiger charge is -2.31. The van der Waals surface area contributed by atoms with Crippen LogP contribution in [-0.2, 0) is 4.74 Å². The minimum atomic E-state index is -0.754. The van der Waals surface area contributed by atoms with Crippen LogP contribution in [0.5, 0.6) is 0 Å². The minimum absolute atomic E-state index is 0.0784. The Morgan fingerprint density at radius 2 is 2.11 bits per heavy atom. The van der Waals surface area contributed by atoms with E-state index in [-0.39, 0.29) is 12.1 Å². The second-order valence-electron chi connectivity index (χ2n) is 5.04. The average Bonchev–Trinajstić information content (AvgIpc) is 2.44. The molecule has 1 aromatic rings. The lowest BCUT2D eigenvalue weighted by molar-refractivity contribution is -0.00868. The van der Waals surface area contributed by atoms with Gasteiger partial charge in [0.15, 0.2) is 11.6 Å². The molecular weight excluding hydrogens is 248 g/mol. The summed E-state index contributed by atoms with van der Waals surface area (Å²) >= 11 is 0. The summed E-state index contributed by atoms with van der Waals surface area (Å²) in [5, 5.41) is 3.22. The second kappa shape index (κ2) is 6.44. The van der Waals surface area contributed by atoms with Gasteiger partial charge >= 0.3 is 0 Å². The number of aryl methyl sites for hydroxylation is 1. The van der Waals surface area contributed by atoms with Gasteiger partial charge in [-0.25, -0.2) is 8.78 Å². The van der Waals surface area contributed by atoms with Gasteiger partial charge in [0.2, 0.25) is 0 Å². The molecule has 1 aromatic carbocycles. The topological polar surface area (TPSA) is 21.3 Å². The highest BCUT2D eigenvalue weighted by molar-refractivity contribution is 5.28. The molecule has 2 atom stereocenters. The molecule has 1 aliphatic rings. The molecular formula is C15H21F2NO. The predicted molar refractivity (Wildman–Crippen MR) is 71.1 cm³/mol. The Kier molecular flexibility index (Phi) is 4.88. The first-order chi connectivity index (χ1) is 9.15. The molecule has 0 spiro atoms. The van der Waals surface area contributed by atoms with Gasteiger partial charge in [-0.15, -0.1) is 0 Å². The predicted octanol–water partition coefficient (Wildman–Crippen LogP) is 3.49. The first-order valence-electron chi connectivity index (χ1n) is 6.94. The van der Waals surface area contributed by atoms with Crippen molar-refractivity contribution < 1.29 is 13.5 Å². The molecule has 4 heteroatoms. The van der Waals surface area contributed by atoms with Gasteiger partial charge in [-0.3, -0.25) is 0 Å². The lowest BCUT2D eigenvalue weighted by atomic mass is 9.94. The third-order valence-electron chi connectivity index (χ3n) is 3.65. The molecule has 1 N–H and O–H groups in total. The molecule has 1 aliphatic heterocycles. The summed E-state index contributed by atoms with van der Waals surface area (Å²) in [6, 6.07) is 3.01. The van der Waals surface area contributed by atoms with Crippen molar-refractivity contribution in [2.45, 2.75) is 45.3 Å². The van der Waals surface area contributed by atoms with Crippen LogP contribution in [0.2, 0.25) is 0 Å². The zero-order chi connectivity index (χ0) is 13.8. The van der Waals surface area contributed by atoms with Gasteiger partial charge in [-0.2, -0.15) is 0 Å². The number of ether oxygens (including phenoxy) is 1. The summed E-state index contributed by atoms with van der Waals surface area (Å²) in [4.78, 5) is 0. The smallest absolute Gasteiger partial charge is 0.163 e. The van der Waals surface area contributed by atoms with Crippen LogP contribution in [0.15, 0.2) is 12.1 Å². The van der Waals surface area contributed by atoms with Crippen molar-refractivity contribution in [3.63, 3.8) is 0 Å². The van der Waals surface area contributed by atoms with E-state index in [0.29, 0.717) is 24.3 Å². The molecule has 1 heterocycles. The maximum Gasteiger partial charge on any atom is 0.163 e. The first-order valence-corrected chi connectivity index (χ1v) is 6.94. The van der Waals surface area contributed by atoms with E-state index in [4.69, 9.17) is 4.74 Å². The molecule has 2 rings (SSSR count). The van der Waals surface area contributed by atoms with Crippen molar-refractivity contribution in [2.24, 2.45) is 0 Å². The van der Waals surface area contributed by atoms with Gasteiger partial charge in [0.1, 0.15) is 0 Å². The van der Waals surface area contributed by atoms with Crippen LogP contribution in [0, 0.1) is 18.6 Å². The fourth-order valence-corrected chi connectivity index (χ4v) is 2.59. The van der Waals surface area contributed by atoms with E-state index in [2.05, 4.69) is 5.32 Å². The van der Waals surface area contributed by atoms with Gasteiger partial charge in [-0.1, -0.05) is 19.1 Å². The summed E-state index contributed by atoms with van der Waals surface area (Å²) < 4.78 is 33.6. The number of rotatable bonds is 4. The maximum absolute atomic E-state index is 14.1. The molecule has 0 amide bonds. The second-order valence-corrected chi connectivity index (χ2v) is 5.04. The van der Waals surface area contributed by atoms with Gasteiger partial charge in [0.25, 0.3) is 0 Å². The Hall–Kier alpha value is -1.00. The number of benzene rings is 1. The Labute approximate surface area is 113 Å². The standard InChI is InChI=1S/C15H21F2NO/c1-3-18-15(12-6-4-5-9-19-12)11-8-7-10(2)13(16)14(11)17/h7-8,12,15,18H,3-6,9H2,1-2H3. The molecule has 1 fully saturated rings. The highest BCUT2D eigenvalue weighted by Gasteiger charge is 2.28. The van der Waals surface area contributed by atoms with Gasteiger partial charge in [0.05, 0.1) is 12.1 Å². The highest BCUT2D eigenvalue weighted by Crippen LogP contribution is 2.29. The molecule has 0 aliphatic carbocycles. The highest BCUT2D eigenvalue weighted by atomic mass is 19.2. The Morgan fingerprint density at radius 3 is 2.74 bits per heavy atom. The van der Waals surface area contributed by atoms with E-state index in [1.54, 1.807) is 19.1 Å². The van der Waals surface area contributed by atoms with Crippen molar-refractivity contribution in [3.05, 3.63) is 34.9 Å². The molecule has 2 unspecified atom stereocenters. The van der Waals surface area contributed by atoms with Crippen LogP contribution >= 0.6 is 0 Å². The maximum atomic E-state index is 14.1. The summed E-state index contributed by atoms with van der Waals surface area (Å²) in [7, 11) is 0. The van der Waals surface area contributed by atoms with Crippen LogP contribution in [0.4, 0.5) is 8.78 Å². The van der Waals surface area contributed by atoms with Crippen LogP contribution in [0.1, 0.15) is 43.4 Å². The van der Waals surface area contributed by atoms with E-state index in [1.165, 1.54) is 0 Å². The number of hydrogen-bond acceptors (Lipinski definition) is 2. The molecule has 1 saturated heterocycles. The lowest BCUT2D eigenvalue weighted by Crippen LogP contribution is -2.36. The Balaban J connectivity index is 2.30. The summed E-state index contributed by atoms with van der Waals surface area (Å²) in [6.45, 7) is 4.92. The molecule has 0 bridgehead atoms. The van der Waals surface area contributed by atoms with Crippen molar-refractivity contribution in [1.29, 1.82) is 0 Å². The van der Waals surface area contributed by atoms with E-state index >= 15 is 0 Å². The van der Waals surface area contributed by atoms with E-state index in [0.717, 1.165) is 19.3 Å². The normalized spacial score (nSPS) is 21.4. The molecule has 2 nitrogen and oxygen atoms in total. The molecule has 0 aromatic heterocycles. The Bertz CT molecular complexity index is 430. The first kappa shape index (κ1) is 14.4. The van der Waals surface area contributed by atoms with Crippen molar-refractivity contribution >= 4 is 0 Å². The molecule has 0 radical (unpaired) electrons. The SMILES string of the molecule is CCNC(c1ccc(C)c(F)c1F)C1CCCCO1. The molecule has 106 valence electrons. The zero-order valence-corrected chi connectivity index (χ0v) is 11.5. The molecule has 0 saturated carbocycles. The third kappa shape index (κ3) is 3.12. The zero-order valence-electron chi connectivity index (χ0n) is 11.5. The van der Waals surface area contributed by atoms with Crippen LogP contribution in [0.25, 0.3) is 0 Å². The van der Waals surface area contributed by atoms with Crippen molar-refractivity contribution in [3.8, 4) is 0 Å². The molecule has 19 heavy (non-hydrogen) atoms. The van der Waals surface area contributed by atoms with Crippen LogP contribution in [0.3, 0.4) is 0 Å². The van der Waals surface area contributed by atoms with E-state index in [9.17, 15) is 8.78 Å². The van der Waals surface area contributed by atoms with Crippen LogP contribution < -0.4 is 5.32 Å². The van der Waals surface area contributed by atoms with E-state index in [1.807, 2.05) is 6.92 Å². The average molecular weight is 269 g/mol. The van der Waals surface area contributed by atoms with Gasteiger partial charge < -0.3 is 10.1 Å². The minimum Gasteiger partial charge on any atom is -0.376 e.